The zero-order valence-corrected chi connectivity index (χ0v) is 20.5. The number of halogens is 1. The molecule has 0 saturated heterocycles. The number of alkyl halides is 1. The van der Waals surface area contributed by atoms with Crippen LogP contribution in [0.1, 0.15) is 73.1 Å². The summed E-state index contributed by atoms with van der Waals surface area (Å²) in [5, 5.41) is 23.5. The highest BCUT2D eigenvalue weighted by molar-refractivity contribution is 5.92. The Balaban J connectivity index is 1.76. The summed E-state index contributed by atoms with van der Waals surface area (Å²) in [6.07, 6.45) is 1.23. The molecule has 0 aromatic carbocycles. The van der Waals surface area contributed by atoms with Crippen LogP contribution < -0.4 is 0 Å². The molecule has 0 heterocycles. The average Bonchev–Trinajstić information content (AvgIpc) is 2.96. The maximum Gasteiger partial charge on any atom is 0.220 e. The van der Waals surface area contributed by atoms with E-state index < -0.39 is 52.1 Å². The van der Waals surface area contributed by atoms with Crippen molar-refractivity contribution in [2.24, 2.45) is 28.6 Å². The fraction of sp³-hybridized carbons (Fsp3) is 0.846. The van der Waals surface area contributed by atoms with Gasteiger partial charge in [-0.25, -0.2) is 4.39 Å². The molecule has 0 bridgehead atoms. The van der Waals surface area contributed by atoms with Crippen molar-refractivity contribution in [3.8, 4) is 0 Å². The van der Waals surface area contributed by atoms with Gasteiger partial charge in [0.25, 0.3) is 0 Å². The van der Waals surface area contributed by atoms with E-state index in [9.17, 15) is 19.8 Å². The summed E-state index contributed by atoms with van der Waals surface area (Å²) in [5.74, 6) is -1.74. The van der Waals surface area contributed by atoms with E-state index in [0.717, 1.165) is 5.57 Å². The van der Waals surface area contributed by atoms with E-state index in [1.54, 1.807) is 19.9 Å². The number of ketones is 2. The van der Waals surface area contributed by atoms with Gasteiger partial charge in [0, 0.05) is 36.4 Å². The number of rotatable bonds is 6. The molecule has 0 amide bonds. The summed E-state index contributed by atoms with van der Waals surface area (Å²) < 4.78 is 28.3. The zero-order chi connectivity index (χ0) is 24.4. The fourth-order valence-corrected chi connectivity index (χ4v) is 8.11. The molecule has 0 aromatic heterocycles. The molecule has 4 rings (SSSR count). The first-order chi connectivity index (χ1) is 15.4. The van der Waals surface area contributed by atoms with Crippen LogP contribution in [-0.4, -0.2) is 58.7 Å². The summed E-state index contributed by atoms with van der Waals surface area (Å²) >= 11 is 0. The lowest BCUT2D eigenvalue weighted by Gasteiger charge is -2.63. The Hall–Kier alpha value is -1.15. The SMILES string of the molecule is CCOC(OCC)C(=O)[C@@]1(O)[C@@H](C)C[C@H]2[C@@H]3CCC4=CC(=O)CC[C@]4(C)[C@@]3(F)[C@@H](O)C[C@@]21C. The number of aliphatic hydroxyl groups excluding tert-OH is 1. The van der Waals surface area contributed by atoms with Crippen LogP contribution >= 0.6 is 0 Å². The second-order valence-corrected chi connectivity index (χ2v) is 11.1. The average molecular weight is 467 g/mol. The maximum absolute atomic E-state index is 17.2. The molecule has 8 atom stereocenters. The topological polar surface area (TPSA) is 93.1 Å². The van der Waals surface area contributed by atoms with Gasteiger partial charge < -0.3 is 19.7 Å². The van der Waals surface area contributed by atoms with Gasteiger partial charge in [0.2, 0.25) is 12.1 Å². The summed E-state index contributed by atoms with van der Waals surface area (Å²) in [6, 6.07) is 0. The van der Waals surface area contributed by atoms with E-state index in [4.69, 9.17) is 9.47 Å². The van der Waals surface area contributed by atoms with Crippen molar-refractivity contribution in [1.82, 2.24) is 0 Å². The summed E-state index contributed by atoms with van der Waals surface area (Å²) in [6.45, 7) is 9.54. The lowest BCUT2D eigenvalue weighted by atomic mass is 9.43. The number of hydrogen-bond acceptors (Lipinski definition) is 6. The van der Waals surface area contributed by atoms with E-state index >= 15 is 4.39 Å². The van der Waals surface area contributed by atoms with Gasteiger partial charge in [0.05, 0.1) is 6.10 Å². The molecule has 4 aliphatic carbocycles. The largest absolute Gasteiger partial charge is 0.390 e. The normalized spacial score (nSPS) is 47.1. The van der Waals surface area contributed by atoms with Crippen LogP contribution in [0.15, 0.2) is 11.6 Å². The molecule has 3 fully saturated rings. The third-order valence-corrected chi connectivity index (χ3v) is 9.85. The van der Waals surface area contributed by atoms with Crippen molar-refractivity contribution in [3.05, 3.63) is 11.6 Å². The van der Waals surface area contributed by atoms with E-state index in [-0.39, 0.29) is 37.8 Å². The molecule has 0 radical (unpaired) electrons. The second kappa shape index (κ2) is 8.21. The van der Waals surface area contributed by atoms with Gasteiger partial charge in [0.1, 0.15) is 11.3 Å². The van der Waals surface area contributed by atoms with Gasteiger partial charge in [-0.05, 0) is 63.9 Å². The van der Waals surface area contributed by atoms with Crippen LogP contribution in [0.5, 0.6) is 0 Å². The van der Waals surface area contributed by atoms with Gasteiger partial charge in [-0.2, -0.15) is 0 Å². The minimum Gasteiger partial charge on any atom is -0.390 e. The quantitative estimate of drug-likeness (QED) is 0.582. The molecule has 0 unspecified atom stereocenters. The van der Waals surface area contributed by atoms with E-state index in [1.165, 1.54) is 0 Å². The number of fused-ring (bicyclic) bond motifs is 5. The molecule has 4 aliphatic rings. The molecule has 33 heavy (non-hydrogen) atoms. The zero-order valence-electron chi connectivity index (χ0n) is 20.5. The minimum atomic E-state index is -1.91. The van der Waals surface area contributed by atoms with Crippen molar-refractivity contribution in [3.63, 3.8) is 0 Å². The summed E-state index contributed by atoms with van der Waals surface area (Å²) in [4.78, 5) is 25.7. The van der Waals surface area contributed by atoms with Crippen molar-refractivity contribution < 1.29 is 33.7 Å². The lowest BCUT2D eigenvalue weighted by molar-refractivity contribution is -0.237. The van der Waals surface area contributed by atoms with Crippen LogP contribution in [0.2, 0.25) is 0 Å². The number of ether oxygens (including phenoxy) is 2. The number of aliphatic hydroxyl groups is 2. The standard InChI is InChI=1S/C26H39FO6/c1-6-32-22(33-7-2)21(30)26(31)15(3)12-19-18-9-8-16-13-17(28)10-11-23(16,4)25(18,27)20(29)14-24(19,26)5/h13,15,18-20,22,29,31H,6-12,14H2,1-5H3/t15-,18-,19-,20-,23-,24-,25-,26-/m0/s1. The van der Waals surface area contributed by atoms with Crippen LogP contribution in [0.4, 0.5) is 4.39 Å². The van der Waals surface area contributed by atoms with Gasteiger partial charge in [-0.15, -0.1) is 0 Å². The first-order valence-corrected chi connectivity index (χ1v) is 12.5. The number of carbonyl (C=O) groups is 2. The van der Waals surface area contributed by atoms with E-state index in [2.05, 4.69) is 0 Å². The molecule has 0 aliphatic heterocycles. The highest BCUT2D eigenvalue weighted by Crippen LogP contribution is 2.71. The van der Waals surface area contributed by atoms with Gasteiger partial charge in [0.15, 0.2) is 5.78 Å². The number of carbonyl (C=O) groups excluding carboxylic acids is 2. The molecule has 0 spiro atoms. The van der Waals surface area contributed by atoms with Crippen molar-refractivity contribution in [2.45, 2.75) is 96.8 Å². The lowest BCUT2D eigenvalue weighted by Crippen LogP contribution is -2.70. The number of allylic oxidation sites excluding steroid dienone is 1. The Labute approximate surface area is 195 Å². The third-order valence-electron chi connectivity index (χ3n) is 9.85. The maximum atomic E-state index is 17.2. The minimum absolute atomic E-state index is 0.0204. The predicted molar refractivity (Wildman–Crippen MR) is 120 cm³/mol. The molecule has 7 heteroatoms. The third kappa shape index (κ3) is 3.11. The van der Waals surface area contributed by atoms with Gasteiger partial charge in [-0.1, -0.05) is 26.3 Å². The molecular weight excluding hydrogens is 427 g/mol. The number of Topliss-reactive ketones (excluding diaryl/α,β-unsaturated/α-hetero) is 1. The van der Waals surface area contributed by atoms with Crippen molar-refractivity contribution in [1.29, 1.82) is 0 Å². The Morgan fingerprint density at radius 3 is 2.45 bits per heavy atom. The summed E-state index contributed by atoms with van der Waals surface area (Å²) in [7, 11) is 0. The molecular formula is C26H39FO6. The number of hydrogen-bond donors (Lipinski definition) is 2. The highest BCUT2D eigenvalue weighted by Gasteiger charge is 2.76. The van der Waals surface area contributed by atoms with Crippen LogP contribution in [0.25, 0.3) is 0 Å². The molecule has 2 N–H and O–H groups in total. The molecule has 0 aromatic rings. The van der Waals surface area contributed by atoms with Crippen molar-refractivity contribution in [2.75, 3.05) is 13.2 Å². The first kappa shape index (κ1) is 25.0. The highest BCUT2D eigenvalue weighted by atomic mass is 19.1. The summed E-state index contributed by atoms with van der Waals surface area (Å²) in [5.41, 5.74) is -4.84. The molecule has 3 saturated carbocycles. The Kier molecular flexibility index (Phi) is 6.21. The Morgan fingerprint density at radius 1 is 1.21 bits per heavy atom. The van der Waals surface area contributed by atoms with Gasteiger partial charge >= 0.3 is 0 Å². The molecule has 186 valence electrons. The Morgan fingerprint density at radius 2 is 1.85 bits per heavy atom. The fourth-order valence-electron chi connectivity index (χ4n) is 8.11. The van der Waals surface area contributed by atoms with Crippen molar-refractivity contribution >= 4 is 11.6 Å². The smallest absolute Gasteiger partial charge is 0.220 e. The molecule has 6 nitrogen and oxygen atoms in total. The van der Waals surface area contributed by atoms with E-state index in [1.807, 2.05) is 20.8 Å². The second-order valence-electron chi connectivity index (χ2n) is 11.1. The van der Waals surface area contributed by atoms with Gasteiger partial charge in [-0.3, -0.25) is 9.59 Å². The van der Waals surface area contributed by atoms with E-state index in [0.29, 0.717) is 25.7 Å². The first-order valence-electron chi connectivity index (χ1n) is 12.5. The van der Waals surface area contributed by atoms with Crippen LogP contribution in [0, 0.1) is 28.6 Å². The predicted octanol–water partition coefficient (Wildman–Crippen LogP) is 3.53. The van der Waals surface area contributed by atoms with Crippen LogP contribution in [-0.2, 0) is 19.1 Å². The monoisotopic (exact) mass is 466 g/mol. The van der Waals surface area contributed by atoms with Crippen LogP contribution in [0.3, 0.4) is 0 Å². The Bertz CT molecular complexity index is 852.